The van der Waals surface area contributed by atoms with Crippen LogP contribution in [0.25, 0.3) is 0 Å². The maximum atomic E-state index is 4.44. The second-order valence-electron chi connectivity index (χ2n) is 6.11. The van der Waals surface area contributed by atoms with Gasteiger partial charge in [-0.15, -0.1) is 0 Å². The van der Waals surface area contributed by atoms with E-state index in [2.05, 4.69) is 55.2 Å². The smallest absolute Gasteiger partial charge is 0.131 e. The lowest BCUT2D eigenvalue weighted by molar-refractivity contribution is 0.269. The first kappa shape index (κ1) is 15.7. The van der Waals surface area contributed by atoms with Crippen LogP contribution >= 0.6 is 0 Å². The molecule has 0 atom stereocenters. The molecule has 1 rings (SSSR count). The van der Waals surface area contributed by atoms with Crippen LogP contribution in [0, 0.1) is 18.3 Å². The highest BCUT2D eigenvalue weighted by atomic mass is 15.1. The van der Waals surface area contributed by atoms with Crippen LogP contribution in [0.1, 0.15) is 46.9 Å². The van der Waals surface area contributed by atoms with E-state index in [0.29, 0.717) is 5.92 Å². The first-order valence-electron chi connectivity index (χ1n) is 7.18. The van der Waals surface area contributed by atoms with E-state index >= 15 is 0 Å². The molecule has 0 aliphatic carbocycles. The van der Waals surface area contributed by atoms with Crippen LogP contribution in [-0.2, 0) is 0 Å². The predicted molar refractivity (Wildman–Crippen MR) is 82.7 cm³/mol. The minimum atomic E-state index is 0.246. The Kier molecular flexibility index (Phi) is 5.58. The highest BCUT2D eigenvalue weighted by Crippen LogP contribution is 2.26. The Hall–Kier alpha value is -1.32. The molecule has 19 heavy (non-hydrogen) atoms. The third kappa shape index (κ3) is 5.05. The van der Waals surface area contributed by atoms with E-state index in [1.54, 1.807) is 0 Å². The normalized spacial score (nSPS) is 11.7. The van der Waals surface area contributed by atoms with Gasteiger partial charge in [-0.3, -0.25) is 0 Å². The van der Waals surface area contributed by atoms with E-state index in [1.807, 2.05) is 13.0 Å². The number of aryl methyl sites for hydroxylation is 1. The van der Waals surface area contributed by atoms with Gasteiger partial charge in [-0.25, -0.2) is 9.97 Å². The molecule has 0 saturated heterocycles. The number of hydrogen-bond donors (Lipinski definition) is 2. The number of nitrogens with one attached hydrogen (secondary N) is 2. The van der Waals surface area contributed by atoms with Gasteiger partial charge in [0.1, 0.15) is 17.5 Å². The molecule has 4 nitrogen and oxygen atoms in total. The summed E-state index contributed by atoms with van der Waals surface area (Å²) in [6, 6.07) is 1.99. The van der Waals surface area contributed by atoms with E-state index in [1.165, 1.54) is 0 Å². The molecular formula is C15H28N4. The fourth-order valence-corrected chi connectivity index (χ4v) is 1.52. The first-order chi connectivity index (χ1) is 8.85. The minimum absolute atomic E-state index is 0.246. The maximum Gasteiger partial charge on any atom is 0.131 e. The molecule has 0 saturated carbocycles. The standard InChI is InChI=1S/C15H28N4/c1-7-8-16-13-9-14(19-12(4)18-13)17-10-15(5,6)11(2)3/h9,11H,7-8,10H2,1-6H3,(H2,16,17,18,19). The molecule has 0 aromatic carbocycles. The average molecular weight is 264 g/mol. The molecule has 1 aromatic rings. The average Bonchev–Trinajstić information content (AvgIpc) is 2.33. The molecule has 2 N–H and O–H groups in total. The SMILES string of the molecule is CCCNc1cc(NCC(C)(C)C(C)C)nc(C)n1. The monoisotopic (exact) mass is 264 g/mol. The Morgan fingerprint density at radius 1 is 1.16 bits per heavy atom. The third-order valence-corrected chi connectivity index (χ3v) is 3.68. The van der Waals surface area contributed by atoms with Gasteiger partial charge in [-0.05, 0) is 24.7 Å². The topological polar surface area (TPSA) is 49.8 Å². The van der Waals surface area contributed by atoms with Crippen molar-refractivity contribution in [2.24, 2.45) is 11.3 Å². The molecule has 0 unspecified atom stereocenters. The molecule has 0 amide bonds. The molecule has 1 heterocycles. The minimum Gasteiger partial charge on any atom is -0.370 e. The zero-order chi connectivity index (χ0) is 14.5. The van der Waals surface area contributed by atoms with Crippen molar-refractivity contribution in [2.45, 2.75) is 48.0 Å². The van der Waals surface area contributed by atoms with E-state index in [-0.39, 0.29) is 5.41 Å². The fourth-order valence-electron chi connectivity index (χ4n) is 1.52. The lowest BCUT2D eigenvalue weighted by atomic mass is 9.81. The molecule has 4 heteroatoms. The Morgan fingerprint density at radius 3 is 2.26 bits per heavy atom. The van der Waals surface area contributed by atoms with Crippen LogP contribution in [0.2, 0.25) is 0 Å². The summed E-state index contributed by atoms with van der Waals surface area (Å²) in [6.45, 7) is 15.0. The zero-order valence-corrected chi connectivity index (χ0v) is 13.2. The summed E-state index contributed by atoms with van der Waals surface area (Å²) in [5.74, 6) is 3.23. The van der Waals surface area contributed by atoms with Crippen LogP contribution < -0.4 is 10.6 Å². The largest absolute Gasteiger partial charge is 0.370 e. The summed E-state index contributed by atoms with van der Waals surface area (Å²) in [7, 11) is 0. The molecule has 0 aliphatic rings. The van der Waals surface area contributed by atoms with Gasteiger partial charge >= 0.3 is 0 Å². The second-order valence-corrected chi connectivity index (χ2v) is 6.11. The number of rotatable bonds is 7. The predicted octanol–water partition coefficient (Wildman–Crippen LogP) is 3.70. The van der Waals surface area contributed by atoms with Crippen molar-refractivity contribution >= 4 is 11.6 Å². The number of aromatic nitrogens is 2. The lowest BCUT2D eigenvalue weighted by Gasteiger charge is -2.29. The summed E-state index contributed by atoms with van der Waals surface area (Å²) < 4.78 is 0. The summed E-state index contributed by atoms with van der Waals surface area (Å²) >= 11 is 0. The van der Waals surface area contributed by atoms with Gasteiger partial charge in [0.2, 0.25) is 0 Å². The number of nitrogens with zero attached hydrogens (tertiary/aromatic N) is 2. The Labute approximate surface area is 117 Å². The van der Waals surface area contributed by atoms with Gasteiger partial charge < -0.3 is 10.6 Å². The van der Waals surface area contributed by atoms with Crippen molar-refractivity contribution in [1.82, 2.24) is 9.97 Å². The van der Waals surface area contributed by atoms with Gasteiger partial charge in [0.25, 0.3) is 0 Å². The van der Waals surface area contributed by atoms with Gasteiger partial charge in [0, 0.05) is 19.2 Å². The molecule has 0 fully saturated rings. The molecular weight excluding hydrogens is 236 g/mol. The molecule has 0 spiro atoms. The van der Waals surface area contributed by atoms with Gasteiger partial charge in [0.15, 0.2) is 0 Å². The third-order valence-electron chi connectivity index (χ3n) is 3.68. The van der Waals surface area contributed by atoms with Crippen LogP contribution in [0.3, 0.4) is 0 Å². The zero-order valence-electron chi connectivity index (χ0n) is 13.2. The highest BCUT2D eigenvalue weighted by molar-refractivity contribution is 5.47. The Morgan fingerprint density at radius 2 is 1.74 bits per heavy atom. The Bertz CT molecular complexity index is 399. The second kappa shape index (κ2) is 6.73. The number of hydrogen-bond acceptors (Lipinski definition) is 4. The van der Waals surface area contributed by atoms with Crippen molar-refractivity contribution < 1.29 is 0 Å². The number of anilines is 2. The molecule has 0 bridgehead atoms. The van der Waals surface area contributed by atoms with Gasteiger partial charge in [-0.2, -0.15) is 0 Å². The molecule has 108 valence electrons. The fraction of sp³-hybridized carbons (Fsp3) is 0.733. The Balaban J connectivity index is 2.70. The first-order valence-corrected chi connectivity index (χ1v) is 7.18. The summed E-state index contributed by atoms with van der Waals surface area (Å²) in [5.41, 5.74) is 0.246. The summed E-state index contributed by atoms with van der Waals surface area (Å²) in [5, 5.41) is 6.74. The van der Waals surface area contributed by atoms with Crippen molar-refractivity contribution in [1.29, 1.82) is 0 Å². The molecule has 0 aliphatic heterocycles. The molecule has 1 aromatic heterocycles. The maximum absolute atomic E-state index is 4.44. The summed E-state index contributed by atoms with van der Waals surface area (Å²) in [4.78, 5) is 8.83. The quantitative estimate of drug-likeness (QED) is 0.788. The summed E-state index contributed by atoms with van der Waals surface area (Å²) in [6.07, 6.45) is 1.09. The van der Waals surface area contributed by atoms with Crippen molar-refractivity contribution in [2.75, 3.05) is 23.7 Å². The molecule has 0 radical (unpaired) electrons. The van der Waals surface area contributed by atoms with E-state index in [4.69, 9.17) is 0 Å². The van der Waals surface area contributed by atoms with Crippen LogP contribution in [0.4, 0.5) is 11.6 Å². The lowest BCUT2D eigenvalue weighted by Crippen LogP contribution is -2.28. The van der Waals surface area contributed by atoms with E-state index in [9.17, 15) is 0 Å². The van der Waals surface area contributed by atoms with Crippen molar-refractivity contribution in [3.63, 3.8) is 0 Å². The van der Waals surface area contributed by atoms with Crippen molar-refractivity contribution in [3.8, 4) is 0 Å². The van der Waals surface area contributed by atoms with E-state index < -0.39 is 0 Å². The van der Waals surface area contributed by atoms with Gasteiger partial charge in [-0.1, -0.05) is 34.6 Å². The van der Waals surface area contributed by atoms with E-state index in [0.717, 1.165) is 37.0 Å². The van der Waals surface area contributed by atoms with Crippen LogP contribution in [0.15, 0.2) is 6.07 Å². The van der Waals surface area contributed by atoms with Crippen LogP contribution in [0.5, 0.6) is 0 Å². The van der Waals surface area contributed by atoms with Gasteiger partial charge in [0.05, 0.1) is 0 Å². The highest BCUT2D eigenvalue weighted by Gasteiger charge is 2.22. The van der Waals surface area contributed by atoms with Crippen molar-refractivity contribution in [3.05, 3.63) is 11.9 Å². The van der Waals surface area contributed by atoms with Crippen LogP contribution in [-0.4, -0.2) is 23.1 Å².